The lowest BCUT2D eigenvalue weighted by molar-refractivity contribution is -0.384. The molecule has 0 bridgehead atoms. The molecular weight excluding hydrogens is 329 g/mol. The zero-order valence-electron chi connectivity index (χ0n) is 11.6. The smallest absolute Gasteiger partial charge is 0.293 e. The van der Waals surface area contributed by atoms with Crippen LogP contribution in [0, 0.1) is 15.9 Å². The molecule has 0 N–H and O–H groups in total. The number of hydrogen-bond acceptors (Lipinski definition) is 4. The van der Waals surface area contributed by atoms with Crippen LogP contribution in [-0.4, -0.2) is 42.0 Å². The number of benzene rings is 1. The molecular formula is C13H17BrFN3O2. The molecule has 110 valence electrons. The van der Waals surface area contributed by atoms with Crippen LogP contribution in [0.25, 0.3) is 0 Å². The van der Waals surface area contributed by atoms with Crippen molar-refractivity contribution < 1.29 is 9.31 Å². The van der Waals surface area contributed by atoms with Crippen molar-refractivity contribution in [1.82, 2.24) is 4.90 Å². The van der Waals surface area contributed by atoms with Gasteiger partial charge in [0.15, 0.2) is 0 Å². The molecule has 1 aromatic carbocycles. The van der Waals surface area contributed by atoms with Crippen molar-refractivity contribution in [3.8, 4) is 0 Å². The molecule has 7 heteroatoms. The van der Waals surface area contributed by atoms with Crippen LogP contribution in [-0.2, 0) is 0 Å². The molecule has 1 fully saturated rings. The molecule has 1 saturated heterocycles. The summed E-state index contributed by atoms with van der Waals surface area (Å²) >= 11 is 3.00. The highest BCUT2D eigenvalue weighted by Gasteiger charge is 2.31. The first-order valence-electron chi connectivity index (χ1n) is 6.41. The Morgan fingerprint density at radius 1 is 1.35 bits per heavy atom. The molecule has 2 rings (SSSR count). The van der Waals surface area contributed by atoms with Gasteiger partial charge in [0, 0.05) is 37.3 Å². The quantitative estimate of drug-likeness (QED) is 0.610. The maximum Gasteiger partial charge on any atom is 0.293 e. The molecule has 0 spiro atoms. The molecule has 1 aromatic rings. The molecule has 0 saturated carbocycles. The van der Waals surface area contributed by atoms with Crippen molar-refractivity contribution in [3.05, 3.63) is 32.5 Å². The van der Waals surface area contributed by atoms with Crippen molar-refractivity contribution in [2.75, 3.05) is 25.0 Å². The van der Waals surface area contributed by atoms with E-state index in [9.17, 15) is 14.5 Å². The van der Waals surface area contributed by atoms with Gasteiger partial charge in [0.2, 0.25) is 0 Å². The van der Waals surface area contributed by atoms with Gasteiger partial charge in [-0.2, -0.15) is 0 Å². The zero-order chi connectivity index (χ0) is 15.0. The van der Waals surface area contributed by atoms with E-state index in [1.807, 2.05) is 11.9 Å². The van der Waals surface area contributed by atoms with E-state index in [1.54, 1.807) is 0 Å². The van der Waals surface area contributed by atoms with E-state index in [0.29, 0.717) is 18.8 Å². The Labute approximate surface area is 125 Å². The SMILES string of the molecule is C[C@@H]1CN(c2cc(F)c(Br)cc2[N+](=O)[O-])C[C@@H](C)N1C. The summed E-state index contributed by atoms with van der Waals surface area (Å²) in [5.41, 5.74) is 0.282. The fraction of sp³-hybridized carbons (Fsp3) is 0.538. The standard InChI is InChI=1S/C13H17BrFN3O2/c1-8-6-17(7-9(2)16(8)3)12-5-11(15)10(14)4-13(12)18(19)20/h4-5,8-9H,6-7H2,1-3H3/t8-,9-/m1/s1. The van der Waals surface area contributed by atoms with Gasteiger partial charge in [0.25, 0.3) is 5.69 Å². The topological polar surface area (TPSA) is 49.6 Å². The van der Waals surface area contributed by atoms with Gasteiger partial charge in [0.05, 0.1) is 9.40 Å². The highest BCUT2D eigenvalue weighted by atomic mass is 79.9. The minimum atomic E-state index is -0.482. The molecule has 2 atom stereocenters. The fourth-order valence-corrected chi connectivity index (χ4v) is 2.86. The lowest BCUT2D eigenvalue weighted by Gasteiger charge is -2.43. The third kappa shape index (κ3) is 2.78. The summed E-state index contributed by atoms with van der Waals surface area (Å²) in [7, 11) is 2.03. The Hall–Kier alpha value is -1.21. The number of nitro groups is 1. The highest BCUT2D eigenvalue weighted by molar-refractivity contribution is 9.10. The Morgan fingerprint density at radius 2 is 1.90 bits per heavy atom. The summed E-state index contributed by atoms with van der Waals surface area (Å²) in [6.07, 6.45) is 0. The van der Waals surface area contributed by atoms with Crippen molar-refractivity contribution in [2.45, 2.75) is 25.9 Å². The molecule has 0 amide bonds. The van der Waals surface area contributed by atoms with Gasteiger partial charge in [-0.05, 0) is 36.8 Å². The van der Waals surface area contributed by atoms with E-state index >= 15 is 0 Å². The third-order valence-corrected chi connectivity index (χ3v) is 4.52. The molecule has 0 unspecified atom stereocenters. The summed E-state index contributed by atoms with van der Waals surface area (Å²) in [5, 5.41) is 11.2. The second-order valence-electron chi connectivity index (χ2n) is 5.28. The van der Waals surface area contributed by atoms with Crippen LogP contribution in [0.1, 0.15) is 13.8 Å². The number of piperazine rings is 1. The number of likely N-dealkylation sites (N-methyl/N-ethyl adjacent to an activating group) is 1. The van der Waals surface area contributed by atoms with Crippen molar-refractivity contribution in [2.24, 2.45) is 0 Å². The van der Waals surface area contributed by atoms with Crippen molar-refractivity contribution >= 4 is 27.3 Å². The first-order valence-corrected chi connectivity index (χ1v) is 7.21. The third-order valence-electron chi connectivity index (χ3n) is 3.91. The maximum absolute atomic E-state index is 13.7. The van der Waals surface area contributed by atoms with E-state index in [0.717, 1.165) is 0 Å². The van der Waals surface area contributed by atoms with Crippen LogP contribution in [0.3, 0.4) is 0 Å². The summed E-state index contributed by atoms with van der Waals surface area (Å²) in [4.78, 5) is 14.8. The van der Waals surface area contributed by atoms with Crippen LogP contribution in [0.15, 0.2) is 16.6 Å². The average Bonchev–Trinajstić information content (AvgIpc) is 2.37. The van der Waals surface area contributed by atoms with Gasteiger partial charge in [-0.3, -0.25) is 15.0 Å². The van der Waals surface area contributed by atoms with Crippen LogP contribution < -0.4 is 4.90 Å². The van der Waals surface area contributed by atoms with Gasteiger partial charge < -0.3 is 4.90 Å². The van der Waals surface area contributed by atoms with Gasteiger partial charge >= 0.3 is 0 Å². The lowest BCUT2D eigenvalue weighted by Crippen LogP contribution is -2.55. The summed E-state index contributed by atoms with van der Waals surface area (Å²) in [6.45, 7) is 5.40. The van der Waals surface area contributed by atoms with Crippen molar-refractivity contribution in [3.63, 3.8) is 0 Å². The minimum absolute atomic E-state index is 0.0674. The summed E-state index contributed by atoms with van der Waals surface area (Å²) < 4.78 is 13.9. The molecule has 1 aliphatic rings. The number of anilines is 1. The van der Waals surface area contributed by atoms with Crippen LogP contribution >= 0.6 is 15.9 Å². The summed E-state index contributed by atoms with van der Waals surface area (Å²) in [5.74, 6) is -0.482. The van der Waals surface area contributed by atoms with Crippen LogP contribution in [0.5, 0.6) is 0 Å². The first-order chi connectivity index (χ1) is 9.31. The number of nitro benzene ring substituents is 1. The second kappa shape index (κ2) is 5.65. The monoisotopic (exact) mass is 345 g/mol. The second-order valence-corrected chi connectivity index (χ2v) is 6.13. The fourth-order valence-electron chi connectivity index (χ4n) is 2.53. The van der Waals surface area contributed by atoms with E-state index in [4.69, 9.17) is 0 Å². The van der Waals surface area contributed by atoms with E-state index in [1.165, 1.54) is 12.1 Å². The van der Waals surface area contributed by atoms with Crippen LogP contribution in [0.4, 0.5) is 15.8 Å². The largest absolute Gasteiger partial charge is 0.363 e. The molecule has 0 aliphatic carbocycles. The van der Waals surface area contributed by atoms with Gasteiger partial charge in [-0.1, -0.05) is 0 Å². The van der Waals surface area contributed by atoms with E-state index in [-0.39, 0.29) is 22.2 Å². The van der Waals surface area contributed by atoms with E-state index < -0.39 is 10.7 Å². The number of halogens is 2. The Kier molecular flexibility index (Phi) is 4.29. The summed E-state index contributed by atoms with van der Waals surface area (Å²) in [6, 6.07) is 2.99. The molecule has 20 heavy (non-hydrogen) atoms. The predicted octanol–water partition coefficient (Wildman–Crippen LogP) is 3.03. The van der Waals surface area contributed by atoms with Gasteiger partial charge in [-0.15, -0.1) is 0 Å². The molecule has 0 aromatic heterocycles. The van der Waals surface area contributed by atoms with Gasteiger partial charge in [-0.25, -0.2) is 4.39 Å². The maximum atomic E-state index is 13.7. The van der Waals surface area contributed by atoms with Gasteiger partial charge in [0.1, 0.15) is 11.5 Å². The molecule has 1 aliphatic heterocycles. The first kappa shape index (κ1) is 15.2. The molecule has 0 radical (unpaired) electrons. The van der Waals surface area contributed by atoms with E-state index in [2.05, 4.69) is 34.7 Å². The predicted molar refractivity (Wildman–Crippen MR) is 79.7 cm³/mol. The highest BCUT2D eigenvalue weighted by Crippen LogP contribution is 2.35. The molecule has 1 heterocycles. The van der Waals surface area contributed by atoms with Crippen LogP contribution in [0.2, 0.25) is 0 Å². The normalized spacial score (nSPS) is 23.9. The zero-order valence-corrected chi connectivity index (χ0v) is 13.2. The van der Waals surface area contributed by atoms with Crippen molar-refractivity contribution in [1.29, 1.82) is 0 Å². The Bertz CT molecular complexity index is 529. The lowest BCUT2D eigenvalue weighted by atomic mass is 10.1. The Balaban J connectivity index is 2.42. The number of hydrogen-bond donors (Lipinski definition) is 0. The minimum Gasteiger partial charge on any atom is -0.363 e. The molecule has 5 nitrogen and oxygen atoms in total. The number of rotatable bonds is 2. The number of nitrogens with zero attached hydrogens (tertiary/aromatic N) is 3. The average molecular weight is 346 g/mol. The Morgan fingerprint density at radius 3 is 2.40 bits per heavy atom.